The summed E-state index contributed by atoms with van der Waals surface area (Å²) in [4.78, 5) is 21.8. The van der Waals surface area contributed by atoms with E-state index in [4.69, 9.17) is 10.5 Å². The minimum absolute atomic E-state index is 0.220. The van der Waals surface area contributed by atoms with Crippen LogP contribution in [0, 0.1) is 13.8 Å². The molecule has 1 aliphatic heterocycles. The van der Waals surface area contributed by atoms with Crippen LogP contribution in [0.4, 0.5) is 22.4 Å². The summed E-state index contributed by atoms with van der Waals surface area (Å²) >= 11 is 0. The summed E-state index contributed by atoms with van der Waals surface area (Å²) in [6.07, 6.45) is -0.262. The molecule has 1 fully saturated rings. The quantitative estimate of drug-likeness (QED) is 0.775. The van der Waals surface area contributed by atoms with Gasteiger partial charge < -0.3 is 20.7 Å². The zero-order valence-corrected chi connectivity index (χ0v) is 13.0. The zero-order valence-electron chi connectivity index (χ0n) is 13.0. The fourth-order valence-electron chi connectivity index (χ4n) is 2.54. The van der Waals surface area contributed by atoms with Crippen LogP contribution in [0.3, 0.4) is 0 Å². The number of aromatic nitrogens is 4. The minimum Gasteiger partial charge on any atom is -0.444 e. The van der Waals surface area contributed by atoms with Crippen molar-refractivity contribution in [3.05, 3.63) is 23.5 Å². The van der Waals surface area contributed by atoms with Gasteiger partial charge in [0.2, 0.25) is 5.95 Å². The van der Waals surface area contributed by atoms with Crippen LogP contribution in [-0.2, 0) is 4.74 Å². The van der Waals surface area contributed by atoms with Crippen LogP contribution < -0.4 is 16.0 Å². The van der Waals surface area contributed by atoms with Crippen molar-refractivity contribution in [1.29, 1.82) is 0 Å². The first-order valence-corrected chi connectivity index (χ1v) is 7.35. The highest BCUT2D eigenvalue weighted by Gasteiger charge is 2.27. The van der Waals surface area contributed by atoms with Crippen LogP contribution in [0.5, 0.6) is 0 Å². The number of carbonyl (C=O) groups is 1. The second-order valence-electron chi connectivity index (χ2n) is 5.55. The molecule has 122 valence electrons. The Bertz CT molecular complexity index is 715. The molecule has 9 nitrogen and oxygen atoms in total. The lowest BCUT2D eigenvalue weighted by molar-refractivity contribution is 0.117. The monoisotopic (exact) mass is 317 g/mol. The number of aromatic amines is 1. The number of hydrogen-bond donors (Lipinski definition) is 3. The van der Waals surface area contributed by atoms with Crippen molar-refractivity contribution in [1.82, 2.24) is 20.2 Å². The molecule has 0 saturated carbocycles. The van der Waals surface area contributed by atoms with E-state index < -0.39 is 6.09 Å². The lowest BCUT2D eigenvalue weighted by atomic mass is 10.3. The number of anilines is 3. The number of nitrogens with zero attached hydrogens (tertiary/aromatic N) is 4. The zero-order chi connectivity index (χ0) is 16.4. The van der Waals surface area contributed by atoms with Gasteiger partial charge in [-0.25, -0.2) is 9.78 Å². The summed E-state index contributed by atoms with van der Waals surface area (Å²) in [7, 11) is 0. The van der Waals surface area contributed by atoms with Gasteiger partial charge in [-0.3, -0.25) is 5.10 Å². The summed E-state index contributed by atoms with van der Waals surface area (Å²) in [5.74, 6) is 1.96. The average Bonchev–Trinajstić information content (AvgIpc) is 3.07. The molecule has 1 aliphatic rings. The van der Waals surface area contributed by atoms with Crippen molar-refractivity contribution >= 4 is 23.7 Å². The molecule has 0 bridgehead atoms. The van der Waals surface area contributed by atoms with Crippen LogP contribution in [0.2, 0.25) is 0 Å². The Hall–Kier alpha value is -2.84. The van der Waals surface area contributed by atoms with Gasteiger partial charge >= 0.3 is 6.09 Å². The number of ether oxygens (including phenoxy) is 1. The largest absolute Gasteiger partial charge is 0.444 e. The number of hydrogen-bond acceptors (Lipinski definition) is 7. The SMILES string of the molecule is Cc1cc(Nc2cc(C)[nH]n2)nc(N2CC[C@H](OC(N)=O)C2)n1. The van der Waals surface area contributed by atoms with Crippen LogP contribution in [0.15, 0.2) is 12.1 Å². The number of rotatable bonds is 4. The molecular weight excluding hydrogens is 298 g/mol. The third kappa shape index (κ3) is 3.68. The molecule has 2 aromatic heterocycles. The van der Waals surface area contributed by atoms with E-state index in [-0.39, 0.29) is 6.10 Å². The third-order valence-corrected chi connectivity index (χ3v) is 3.52. The molecule has 3 rings (SSSR count). The third-order valence-electron chi connectivity index (χ3n) is 3.52. The fourth-order valence-corrected chi connectivity index (χ4v) is 2.54. The van der Waals surface area contributed by atoms with E-state index in [0.717, 1.165) is 11.4 Å². The van der Waals surface area contributed by atoms with Crippen molar-refractivity contribution in [2.45, 2.75) is 26.4 Å². The van der Waals surface area contributed by atoms with Gasteiger partial charge in [0, 0.05) is 36.5 Å². The maximum Gasteiger partial charge on any atom is 0.404 e. The minimum atomic E-state index is -0.752. The molecule has 0 unspecified atom stereocenters. The number of carbonyl (C=O) groups excluding carboxylic acids is 1. The van der Waals surface area contributed by atoms with Crippen LogP contribution in [0.1, 0.15) is 17.8 Å². The molecule has 23 heavy (non-hydrogen) atoms. The summed E-state index contributed by atoms with van der Waals surface area (Å²) < 4.78 is 5.03. The number of nitrogens with one attached hydrogen (secondary N) is 2. The molecule has 2 aromatic rings. The van der Waals surface area contributed by atoms with Gasteiger partial charge in [-0.05, 0) is 13.8 Å². The second-order valence-corrected chi connectivity index (χ2v) is 5.55. The van der Waals surface area contributed by atoms with Gasteiger partial charge in [-0.1, -0.05) is 0 Å². The number of amides is 1. The van der Waals surface area contributed by atoms with Gasteiger partial charge in [0.1, 0.15) is 11.9 Å². The molecule has 9 heteroatoms. The van der Waals surface area contributed by atoms with Crippen LogP contribution >= 0.6 is 0 Å². The first-order valence-electron chi connectivity index (χ1n) is 7.35. The topological polar surface area (TPSA) is 122 Å². The highest BCUT2D eigenvalue weighted by atomic mass is 16.6. The van der Waals surface area contributed by atoms with Gasteiger partial charge in [0.05, 0.1) is 6.54 Å². The first kappa shape index (κ1) is 15.1. The summed E-state index contributed by atoms with van der Waals surface area (Å²) in [6.45, 7) is 5.08. The number of primary amides is 1. The molecule has 0 aromatic carbocycles. The Morgan fingerprint density at radius 1 is 1.39 bits per heavy atom. The molecule has 1 saturated heterocycles. The molecule has 0 radical (unpaired) electrons. The molecule has 0 spiro atoms. The van der Waals surface area contributed by atoms with Crippen molar-refractivity contribution in [2.24, 2.45) is 5.73 Å². The average molecular weight is 317 g/mol. The first-order chi connectivity index (χ1) is 11.0. The summed E-state index contributed by atoms with van der Waals surface area (Å²) in [6, 6.07) is 3.74. The number of aryl methyl sites for hydroxylation is 2. The molecule has 3 heterocycles. The van der Waals surface area contributed by atoms with E-state index in [1.165, 1.54) is 0 Å². The lowest BCUT2D eigenvalue weighted by Gasteiger charge is -2.17. The molecule has 0 aliphatic carbocycles. The smallest absolute Gasteiger partial charge is 0.404 e. The second kappa shape index (κ2) is 6.11. The van der Waals surface area contributed by atoms with E-state index in [9.17, 15) is 4.79 Å². The van der Waals surface area contributed by atoms with E-state index >= 15 is 0 Å². The Morgan fingerprint density at radius 3 is 2.91 bits per heavy atom. The van der Waals surface area contributed by atoms with Crippen molar-refractivity contribution in [2.75, 3.05) is 23.3 Å². The van der Waals surface area contributed by atoms with Crippen LogP contribution in [-0.4, -0.2) is 45.5 Å². The standard InChI is InChI=1S/C14H19N7O2/c1-8-5-11(17-12-6-9(2)19-20-12)18-14(16-8)21-4-3-10(7-21)23-13(15)22/h5-6,10H,3-4,7H2,1-2H3,(H2,15,22)(H2,16,17,18,19,20)/t10-/m0/s1. The van der Waals surface area contributed by atoms with E-state index in [1.807, 2.05) is 30.9 Å². The Labute approximate surface area is 133 Å². The van der Waals surface area contributed by atoms with Gasteiger partial charge in [0.25, 0.3) is 0 Å². The van der Waals surface area contributed by atoms with Crippen molar-refractivity contribution in [3.8, 4) is 0 Å². The maximum absolute atomic E-state index is 10.8. The predicted octanol–water partition coefficient (Wildman–Crippen LogP) is 1.23. The highest BCUT2D eigenvalue weighted by molar-refractivity contribution is 5.65. The van der Waals surface area contributed by atoms with Crippen LogP contribution in [0.25, 0.3) is 0 Å². The molecule has 1 atom stereocenters. The van der Waals surface area contributed by atoms with Gasteiger partial charge in [-0.15, -0.1) is 0 Å². The highest BCUT2D eigenvalue weighted by Crippen LogP contribution is 2.22. The molecule has 4 N–H and O–H groups in total. The molecule has 1 amide bonds. The van der Waals surface area contributed by atoms with Crippen molar-refractivity contribution < 1.29 is 9.53 Å². The lowest BCUT2D eigenvalue weighted by Crippen LogP contribution is -2.28. The normalized spacial score (nSPS) is 17.3. The van der Waals surface area contributed by atoms with E-state index in [1.54, 1.807) is 0 Å². The Morgan fingerprint density at radius 2 is 2.22 bits per heavy atom. The fraction of sp³-hybridized carbons (Fsp3) is 0.429. The van der Waals surface area contributed by atoms with E-state index in [0.29, 0.717) is 37.1 Å². The predicted molar refractivity (Wildman–Crippen MR) is 84.7 cm³/mol. The Balaban J connectivity index is 1.74. The van der Waals surface area contributed by atoms with Crippen molar-refractivity contribution in [3.63, 3.8) is 0 Å². The maximum atomic E-state index is 10.8. The number of nitrogens with two attached hydrogens (primary N) is 1. The Kier molecular flexibility index (Phi) is 4.00. The molecular formula is C14H19N7O2. The number of H-pyrrole nitrogens is 1. The van der Waals surface area contributed by atoms with E-state index in [2.05, 4.69) is 25.5 Å². The van der Waals surface area contributed by atoms with Gasteiger partial charge in [-0.2, -0.15) is 10.1 Å². The van der Waals surface area contributed by atoms with Gasteiger partial charge in [0.15, 0.2) is 5.82 Å². The summed E-state index contributed by atoms with van der Waals surface area (Å²) in [5, 5.41) is 10.1. The summed E-state index contributed by atoms with van der Waals surface area (Å²) in [5.41, 5.74) is 6.86.